The molecule has 0 aromatic heterocycles. The fourth-order valence-corrected chi connectivity index (χ4v) is 3.24. The second-order valence-corrected chi connectivity index (χ2v) is 6.90. The summed E-state index contributed by atoms with van der Waals surface area (Å²) in [4.78, 5) is 36.6. The van der Waals surface area contributed by atoms with E-state index in [2.05, 4.69) is 10.2 Å². The van der Waals surface area contributed by atoms with Crippen LogP contribution in [0.5, 0.6) is 0 Å². The summed E-state index contributed by atoms with van der Waals surface area (Å²) in [5.41, 5.74) is 1.90. The largest absolute Gasteiger partial charge is 0.452 e. The number of carbonyl (C=O) groups is 2. The van der Waals surface area contributed by atoms with Crippen molar-refractivity contribution < 1.29 is 19.2 Å². The van der Waals surface area contributed by atoms with Gasteiger partial charge in [-0.3, -0.25) is 14.9 Å². The highest BCUT2D eigenvalue weighted by molar-refractivity contribution is 5.94. The van der Waals surface area contributed by atoms with Crippen LogP contribution >= 0.6 is 0 Å². The number of nitro benzene ring substituents is 1. The van der Waals surface area contributed by atoms with Gasteiger partial charge in [0.05, 0.1) is 10.5 Å². The monoisotopic (exact) mass is 409 g/mol. The van der Waals surface area contributed by atoms with Crippen LogP contribution in [0.2, 0.25) is 0 Å². The molecule has 2 aromatic rings. The molecule has 0 spiro atoms. The van der Waals surface area contributed by atoms with Crippen LogP contribution in [-0.2, 0) is 14.3 Å². The summed E-state index contributed by atoms with van der Waals surface area (Å²) in [7, 11) is 0. The molecule has 1 N–H and O–H groups in total. The van der Waals surface area contributed by atoms with E-state index in [1.807, 2.05) is 24.3 Å². The maximum Gasteiger partial charge on any atom is 0.331 e. The maximum atomic E-state index is 12.0. The van der Waals surface area contributed by atoms with Crippen molar-refractivity contribution in [3.05, 3.63) is 70.3 Å². The van der Waals surface area contributed by atoms with Crippen LogP contribution in [0.4, 0.5) is 17.1 Å². The van der Waals surface area contributed by atoms with E-state index in [1.54, 1.807) is 6.07 Å². The summed E-state index contributed by atoms with van der Waals surface area (Å²) < 4.78 is 4.90. The molecule has 2 aromatic carbocycles. The van der Waals surface area contributed by atoms with Crippen molar-refractivity contribution in [2.75, 3.05) is 29.9 Å². The summed E-state index contributed by atoms with van der Waals surface area (Å²) in [6, 6.07) is 13.6. The van der Waals surface area contributed by atoms with Crippen molar-refractivity contribution in [2.24, 2.45) is 0 Å². The Hall–Kier alpha value is -3.68. The molecule has 8 nitrogen and oxygen atoms in total. The zero-order valence-corrected chi connectivity index (χ0v) is 16.5. The molecule has 1 heterocycles. The Balaban J connectivity index is 1.47. The number of para-hydroxylation sites is 1. The van der Waals surface area contributed by atoms with Gasteiger partial charge in [-0.1, -0.05) is 12.1 Å². The first-order chi connectivity index (χ1) is 14.5. The number of benzene rings is 2. The summed E-state index contributed by atoms with van der Waals surface area (Å²) in [5.74, 6) is -1.23. The number of esters is 1. The zero-order chi connectivity index (χ0) is 21.3. The number of nitrogens with zero attached hydrogens (tertiary/aromatic N) is 2. The molecule has 30 heavy (non-hydrogen) atoms. The van der Waals surface area contributed by atoms with Gasteiger partial charge in [0.25, 0.3) is 11.6 Å². The van der Waals surface area contributed by atoms with Gasteiger partial charge < -0.3 is 15.0 Å². The smallest absolute Gasteiger partial charge is 0.331 e. The average Bonchev–Trinajstić information content (AvgIpc) is 2.77. The van der Waals surface area contributed by atoms with Gasteiger partial charge in [0, 0.05) is 36.6 Å². The molecule has 1 aliphatic rings. The lowest BCUT2D eigenvalue weighted by Gasteiger charge is -2.28. The number of hydrogen-bond acceptors (Lipinski definition) is 6. The zero-order valence-electron chi connectivity index (χ0n) is 16.5. The Labute approximate surface area is 174 Å². The minimum absolute atomic E-state index is 0.118. The lowest BCUT2D eigenvalue weighted by Crippen LogP contribution is -2.29. The lowest BCUT2D eigenvalue weighted by molar-refractivity contribution is -0.385. The Morgan fingerprint density at radius 1 is 1.07 bits per heavy atom. The van der Waals surface area contributed by atoms with Crippen molar-refractivity contribution in [3.63, 3.8) is 0 Å². The van der Waals surface area contributed by atoms with Crippen LogP contribution in [0.1, 0.15) is 24.8 Å². The SMILES string of the molecule is O=C(COC(=O)C=Cc1ccccc1[N+](=O)[O-])Nc1ccc(N2CCCCC2)cc1. The molecular formula is C22H23N3O5. The first-order valence-electron chi connectivity index (χ1n) is 9.76. The highest BCUT2D eigenvalue weighted by Crippen LogP contribution is 2.22. The Bertz CT molecular complexity index is 934. The number of piperidine rings is 1. The van der Waals surface area contributed by atoms with E-state index in [4.69, 9.17) is 4.74 Å². The first kappa shape index (κ1) is 21.0. The molecule has 1 fully saturated rings. The molecular weight excluding hydrogens is 386 g/mol. The number of ether oxygens (including phenoxy) is 1. The van der Waals surface area contributed by atoms with E-state index in [-0.39, 0.29) is 11.3 Å². The number of nitro groups is 1. The van der Waals surface area contributed by atoms with Crippen molar-refractivity contribution in [3.8, 4) is 0 Å². The summed E-state index contributed by atoms with van der Waals surface area (Å²) in [6.07, 6.45) is 5.99. The van der Waals surface area contributed by atoms with Gasteiger partial charge in [0.1, 0.15) is 0 Å². The molecule has 8 heteroatoms. The standard InChI is InChI=1S/C22H23N3O5/c26-21(23-18-9-11-19(12-10-18)24-14-4-1-5-15-24)16-30-22(27)13-8-17-6-2-3-7-20(17)25(28)29/h2-3,6-13H,1,4-5,14-16H2,(H,23,26). The number of carbonyl (C=O) groups excluding carboxylic acids is 2. The van der Waals surface area contributed by atoms with Gasteiger partial charge in [-0.05, 0) is 55.7 Å². The predicted octanol–water partition coefficient (Wildman–Crippen LogP) is 3.78. The molecule has 0 saturated carbocycles. The fourth-order valence-electron chi connectivity index (χ4n) is 3.24. The Kier molecular flexibility index (Phi) is 7.15. The quantitative estimate of drug-likeness (QED) is 0.323. The average molecular weight is 409 g/mol. The van der Waals surface area contributed by atoms with E-state index in [0.29, 0.717) is 5.69 Å². The first-order valence-corrected chi connectivity index (χ1v) is 9.76. The second-order valence-electron chi connectivity index (χ2n) is 6.90. The third-order valence-corrected chi connectivity index (χ3v) is 4.75. The van der Waals surface area contributed by atoms with Crippen LogP contribution in [-0.4, -0.2) is 36.5 Å². The minimum Gasteiger partial charge on any atom is -0.452 e. The Morgan fingerprint density at radius 3 is 2.47 bits per heavy atom. The number of amides is 1. The van der Waals surface area contributed by atoms with Crippen molar-refractivity contribution >= 4 is 35.0 Å². The fraction of sp³-hybridized carbons (Fsp3) is 0.273. The molecule has 1 saturated heterocycles. The number of hydrogen-bond donors (Lipinski definition) is 1. The predicted molar refractivity (Wildman–Crippen MR) is 114 cm³/mol. The van der Waals surface area contributed by atoms with Crippen LogP contribution < -0.4 is 10.2 Å². The molecule has 0 aliphatic carbocycles. The van der Waals surface area contributed by atoms with E-state index < -0.39 is 23.4 Å². The van der Waals surface area contributed by atoms with Gasteiger partial charge in [0.2, 0.25) is 0 Å². The summed E-state index contributed by atoms with van der Waals surface area (Å²) in [5, 5.41) is 13.6. The van der Waals surface area contributed by atoms with Gasteiger partial charge >= 0.3 is 5.97 Å². The molecule has 0 unspecified atom stereocenters. The third-order valence-electron chi connectivity index (χ3n) is 4.75. The Morgan fingerprint density at radius 2 is 1.77 bits per heavy atom. The molecule has 0 bridgehead atoms. The summed E-state index contributed by atoms with van der Waals surface area (Å²) >= 11 is 0. The van der Waals surface area contributed by atoms with Crippen molar-refractivity contribution in [2.45, 2.75) is 19.3 Å². The number of nitrogens with one attached hydrogen (secondary N) is 1. The third kappa shape index (κ3) is 5.91. The van der Waals surface area contributed by atoms with E-state index >= 15 is 0 Å². The molecule has 3 rings (SSSR count). The minimum atomic E-state index is -0.760. The van der Waals surface area contributed by atoms with Crippen molar-refractivity contribution in [1.82, 2.24) is 0 Å². The van der Waals surface area contributed by atoms with Gasteiger partial charge in [-0.25, -0.2) is 4.79 Å². The van der Waals surface area contributed by atoms with Crippen LogP contribution in [0.15, 0.2) is 54.6 Å². The summed E-state index contributed by atoms with van der Waals surface area (Å²) in [6.45, 7) is 1.64. The van der Waals surface area contributed by atoms with Gasteiger partial charge in [-0.2, -0.15) is 0 Å². The van der Waals surface area contributed by atoms with Crippen LogP contribution in [0.3, 0.4) is 0 Å². The molecule has 156 valence electrons. The second kappa shape index (κ2) is 10.2. The van der Waals surface area contributed by atoms with Gasteiger partial charge in [-0.15, -0.1) is 0 Å². The number of anilines is 2. The van der Waals surface area contributed by atoms with E-state index in [9.17, 15) is 19.7 Å². The number of rotatable bonds is 7. The van der Waals surface area contributed by atoms with Crippen molar-refractivity contribution in [1.29, 1.82) is 0 Å². The molecule has 0 radical (unpaired) electrons. The highest BCUT2D eigenvalue weighted by Gasteiger charge is 2.12. The van der Waals surface area contributed by atoms with E-state index in [1.165, 1.54) is 43.5 Å². The molecule has 1 amide bonds. The highest BCUT2D eigenvalue weighted by atomic mass is 16.6. The normalized spacial score (nSPS) is 13.8. The van der Waals surface area contributed by atoms with Crippen LogP contribution in [0, 0.1) is 10.1 Å². The maximum absolute atomic E-state index is 12.0. The topological polar surface area (TPSA) is 102 Å². The van der Waals surface area contributed by atoms with E-state index in [0.717, 1.165) is 24.9 Å². The van der Waals surface area contributed by atoms with Gasteiger partial charge in [0.15, 0.2) is 6.61 Å². The lowest BCUT2D eigenvalue weighted by atomic mass is 10.1. The molecule has 0 atom stereocenters. The van der Waals surface area contributed by atoms with Crippen LogP contribution in [0.25, 0.3) is 6.08 Å². The molecule has 1 aliphatic heterocycles.